The Hall–Kier alpha value is -1.31. The zero-order valence-electron chi connectivity index (χ0n) is 9.75. The number of esters is 1. The van der Waals surface area contributed by atoms with E-state index in [4.69, 9.17) is 4.74 Å². The van der Waals surface area contributed by atoms with E-state index in [1.807, 2.05) is 13.0 Å². The molecule has 0 amide bonds. The van der Waals surface area contributed by atoms with Crippen molar-refractivity contribution in [2.45, 2.75) is 32.1 Å². The molecule has 2 heteroatoms. The van der Waals surface area contributed by atoms with Crippen molar-refractivity contribution < 1.29 is 9.53 Å². The quantitative estimate of drug-likeness (QED) is 0.710. The van der Waals surface area contributed by atoms with Crippen molar-refractivity contribution in [1.82, 2.24) is 0 Å². The number of carbonyl (C=O) groups is 1. The first-order valence-electron chi connectivity index (χ1n) is 5.90. The van der Waals surface area contributed by atoms with Crippen LogP contribution in [0.3, 0.4) is 0 Å². The van der Waals surface area contributed by atoms with E-state index >= 15 is 0 Å². The molecular formula is C14H16O2. The minimum absolute atomic E-state index is 0.00583. The molecule has 0 N–H and O–H groups in total. The van der Waals surface area contributed by atoms with Gasteiger partial charge in [0.15, 0.2) is 0 Å². The summed E-state index contributed by atoms with van der Waals surface area (Å²) in [6.45, 7) is 4.54. The molecule has 0 radical (unpaired) electrons. The fourth-order valence-electron chi connectivity index (χ4n) is 3.35. The van der Waals surface area contributed by atoms with Gasteiger partial charge in [0, 0.05) is 5.41 Å². The lowest BCUT2D eigenvalue weighted by molar-refractivity contribution is -0.150. The third-order valence-electron chi connectivity index (χ3n) is 4.36. The predicted octanol–water partition coefficient (Wildman–Crippen LogP) is 2.45. The highest BCUT2D eigenvalue weighted by atomic mass is 16.5. The Morgan fingerprint density at radius 1 is 1.44 bits per heavy atom. The van der Waals surface area contributed by atoms with Gasteiger partial charge in [0.1, 0.15) is 0 Å². The van der Waals surface area contributed by atoms with Gasteiger partial charge in [-0.25, -0.2) is 0 Å². The van der Waals surface area contributed by atoms with Gasteiger partial charge in [0.05, 0.1) is 12.0 Å². The monoisotopic (exact) mass is 216 g/mol. The van der Waals surface area contributed by atoms with E-state index in [0.717, 1.165) is 12.8 Å². The number of hydrogen-bond donors (Lipinski definition) is 0. The number of benzene rings is 1. The average Bonchev–Trinajstić information content (AvgIpc) is 2.80. The molecule has 2 unspecified atom stereocenters. The molecule has 0 aliphatic heterocycles. The summed E-state index contributed by atoms with van der Waals surface area (Å²) in [4.78, 5) is 12.1. The fraction of sp³-hybridized carbons (Fsp3) is 0.500. The number of hydrogen-bond acceptors (Lipinski definition) is 2. The highest BCUT2D eigenvalue weighted by Gasteiger charge is 2.74. The van der Waals surface area contributed by atoms with E-state index in [-0.39, 0.29) is 16.8 Å². The normalized spacial score (nSPS) is 34.1. The number of ether oxygens (including phenoxy) is 1. The second-order valence-corrected chi connectivity index (χ2v) is 5.15. The molecule has 2 aliphatic carbocycles. The number of fused-ring (bicyclic) bond motifs is 3. The summed E-state index contributed by atoms with van der Waals surface area (Å²) in [5, 5.41) is 0. The van der Waals surface area contributed by atoms with Crippen LogP contribution in [0.4, 0.5) is 0 Å². The summed E-state index contributed by atoms with van der Waals surface area (Å²) in [5.74, 6) is -0.00583. The number of rotatable bonds is 2. The van der Waals surface area contributed by atoms with E-state index in [1.54, 1.807) is 0 Å². The van der Waals surface area contributed by atoms with Crippen LogP contribution in [0.25, 0.3) is 0 Å². The first-order valence-corrected chi connectivity index (χ1v) is 5.90. The molecule has 1 aromatic carbocycles. The molecule has 1 aromatic rings. The van der Waals surface area contributed by atoms with Crippen LogP contribution < -0.4 is 0 Å². The molecule has 0 saturated heterocycles. The Labute approximate surface area is 95.6 Å². The van der Waals surface area contributed by atoms with Gasteiger partial charge in [-0.1, -0.05) is 31.2 Å². The lowest BCUT2D eigenvalue weighted by atomic mass is 9.95. The van der Waals surface area contributed by atoms with Gasteiger partial charge in [0.2, 0.25) is 0 Å². The molecular weight excluding hydrogens is 200 g/mol. The van der Waals surface area contributed by atoms with Gasteiger partial charge in [-0.15, -0.1) is 0 Å². The molecule has 2 aliphatic rings. The largest absolute Gasteiger partial charge is 0.466 e. The van der Waals surface area contributed by atoms with E-state index in [0.29, 0.717) is 6.61 Å². The van der Waals surface area contributed by atoms with Gasteiger partial charge in [0.25, 0.3) is 0 Å². The summed E-state index contributed by atoms with van der Waals surface area (Å²) in [7, 11) is 0. The summed E-state index contributed by atoms with van der Waals surface area (Å²) < 4.78 is 5.23. The standard InChI is InChI=1S/C14H16O2/c1-3-16-12(15)14-8-10-6-4-5-7-11(10)13(14,2)9-14/h4-7H,3,8-9H2,1-2H3. The molecule has 0 spiro atoms. The molecule has 1 saturated carbocycles. The van der Waals surface area contributed by atoms with Crippen molar-refractivity contribution in [2.24, 2.45) is 5.41 Å². The van der Waals surface area contributed by atoms with Crippen molar-refractivity contribution in [2.75, 3.05) is 6.61 Å². The summed E-state index contributed by atoms with van der Waals surface area (Å²) in [6, 6.07) is 8.40. The highest BCUT2D eigenvalue weighted by Crippen LogP contribution is 2.71. The molecule has 0 aromatic heterocycles. The van der Waals surface area contributed by atoms with Crippen LogP contribution in [0.15, 0.2) is 24.3 Å². The van der Waals surface area contributed by atoms with Gasteiger partial charge < -0.3 is 4.74 Å². The van der Waals surface area contributed by atoms with E-state index < -0.39 is 0 Å². The Balaban J connectivity index is 2.00. The Bertz CT molecular complexity index is 466. The molecule has 1 fully saturated rings. The average molecular weight is 216 g/mol. The zero-order valence-corrected chi connectivity index (χ0v) is 9.75. The van der Waals surface area contributed by atoms with Gasteiger partial charge in [-0.3, -0.25) is 4.79 Å². The molecule has 3 rings (SSSR count). The molecule has 2 nitrogen and oxygen atoms in total. The van der Waals surface area contributed by atoms with Gasteiger partial charge in [-0.05, 0) is 30.9 Å². The summed E-state index contributed by atoms with van der Waals surface area (Å²) >= 11 is 0. The lowest BCUT2D eigenvalue weighted by Crippen LogP contribution is -2.24. The Kier molecular flexibility index (Phi) is 1.78. The van der Waals surface area contributed by atoms with Crippen LogP contribution in [0, 0.1) is 5.41 Å². The molecule has 84 valence electrons. The van der Waals surface area contributed by atoms with Crippen LogP contribution in [-0.2, 0) is 21.4 Å². The van der Waals surface area contributed by atoms with E-state index in [1.165, 1.54) is 11.1 Å². The minimum Gasteiger partial charge on any atom is -0.466 e. The Morgan fingerprint density at radius 3 is 2.88 bits per heavy atom. The fourth-order valence-corrected chi connectivity index (χ4v) is 3.35. The van der Waals surface area contributed by atoms with Crippen molar-refractivity contribution >= 4 is 5.97 Å². The van der Waals surface area contributed by atoms with Crippen LogP contribution >= 0.6 is 0 Å². The van der Waals surface area contributed by atoms with Crippen LogP contribution in [0.1, 0.15) is 31.4 Å². The van der Waals surface area contributed by atoms with E-state index in [2.05, 4.69) is 25.1 Å². The van der Waals surface area contributed by atoms with Crippen LogP contribution in [0.2, 0.25) is 0 Å². The molecule has 2 atom stereocenters. The summed E-state index contributed by atoms with van der Waals surface area (Å²) in [6.07, 6.45) is 1.81. The first-order chi connectivity index (χ1) is 7.64. The topological polar surface area (TPSA) is 26.3 Å². The SMILES string of the molecule is CCOC(=O)C12Cc3ccccc3C1(C)C2. The van der Waals surface area contributed by atoms with Crippen molar-refractivity contribution in [3.05, 3.63) is 35.4 Å². The van der Waals surface area contributed by atoms with Crippen molar-refractivity contribution in [3.8, 4) is 0 Å². The lowest BCUT2D eigenvalue weighted by Gasteiger charge is -2.13. The maximum absolute atomic E-state index is 12.1. The molecule has 0 heterocycles. The van der Waals surface area contributed by atoms with Crippen molar-refractivity contribution in [3.63, 3.8) is 0 Å². The highest BCUT2D eigenvalue weighted by molar-refractivity contribution is 5.86. The third kappa shape index (κ3) is 0.952. The zero-order chi connectivity index (χ0) is 11.4. The van der Waals surface area contributed by atoms with Crippen LogP contribution in [0.5, 0.6) is 0 Å². The van der Waals surface area contributed by atoms with Gasteiger partial charge in [-0.2, -0.15) is 0 Å². The second-order valence-electron chi connectivity index (χ2n) is 5.15. The molecule has 0 bridgehead atoms. The second kappa shape index (κ2) is 2.88. The Morgan fingerprint density at radius 2 is 2.19 bits per heavy atom. The van der Waals surface area contributed by atoms with Gasteiger partial charge >= 0.3 is 5.97 Å². The maximum atomic E-state index is 12.1. The first kappa shape index (κ1) is 9.88. The minimum atomic E-state index is -0.243. The molecule has 16 heavy (non-hydrogen) atoms. The predicted molar refractivity (Wildman–Crippen MR) is 61.2 cm³/mol. The maximum Gasteiger partial charge on any atom is 0.313 e. The smallest absolute Gasteiger partial charge is 0.313 e. The van der Waals surface area contributed by atoms with Crippen LogP contribution in [-0.4, -0.2) is 12.6 Å². The third-order valence-corrected chi connectivity index (χ3v) is 4.36. The van der Waals surface area contributed by atoms with Crippen molar-refractivity contribution in [1.29, 1.82) is 0 Å². The summed E-state index contributed by atoms with van der Waals surface area (Å²) in [5.41, 5.74) is 2.47. The number of carbonyl (C=O) groups excluding carboxylic acids is 1. The van der Waals surface area contributed by atoms with E-state index in [9.17, 15) is 4.79 Å².